The minimum atomic E-state index is -1.34. The highest BCUT2D eigenvalue weighted by molar-refractivity contribution is 5.77. The largest absolute Gasteiger partial charge is 0.379 e. The van der Waals surface area contributed by atoms with Crippen LogP contribution < -0.4 is 27.0 Å². The minimum Gasteiger partial charge on any atom is -0.379 e. The molecule has 0 aliphatic rings. The van der Waals surface area contributed by atoms with Crippen LogP contribution in [0.15, 0.2) is 0 Å². The number of terminal acetylenes is 3. The number of carbonyl (C=O) groups excluding carboxylic acids is 4. The number of carbonyl (C=O) groups is 4. The summed E-state index contributed by atoms with van der Waals surface area (Å²) >= 11 is 0. The summed E-state index contributed by atoms with van der Waals surface area (Å²) in [5, 5.41) is 11.4. The predicted molar refractivity (Wildman–Crippen MR) is 309 cm³/mol. The van der Waals surface area contributed by atoms with Crippen LogP contribution in [0.25, 0.3) is 0 Å². The Morgan fingerprint density at radius 1 is 0.282 bits per heavy atom. The summed E-state index contributed by atoms with van der Waals surface area (Å²) in [5.74, 6) is 5.87. The number of nitrogens with one attached hydrogen (secondary N) is 4. The third kappa shape index (κ3) is 62.6. The molecule has 4 amide bonds. The van der Waals surface area contributed by atoms with Gasteiger partial charge in [0, 0.05) is 51.9 Å². The average molecular weight is 1220 g/mol. The number of nitrogens with two attached hydrogens (primary N) is 1. The first kappa shape index (κ1) is 80.8. The highest BCUT2D eigenvalue weighted by atomic mass is 16.6. The Hall–Kier alpha value is -4.24. The second kappa shape index (κ2) is 67.3. The van der Waals surface area contributed by atoms with E-state index in [0.717, 1.165) is 0 Å². The maximum absolute atomic E-state index is 13.6. The number of rotatable bonds is 69. The van der Waals surface area contributed by atoms with Gasteiger partial charge in [0.1, 0.15) is 25.4 Å². The molecule has 0 atom stereocenters. The van der Waals surface area contributed by atoms with Crippen LogP contribution in [0, 0.1) is 37.0 Å². The van der Waals surface area contributed by atoms with Crippen LogP contribution in [0.1, 0.15) is 25.7 Å². The molecule has 0 spiro atoms. The fourth-order valence-electron chi connectivity index (χ4n) is 6.32. The summed E-state index contributed by atoms with van der Waals surface area (Å²) in [6.45, 7) is 11.7. The van der Waals surface area contributed by atoms with Crippen LogP contribution in [-0.2, 0) is 109 Å². The second-order valence-corrected chi connectivity index (χ2v) is 17.6. The van der Waals surface area contributed by atoms with Gasteiger partial charge in [-0.25, -0.2) is 0 Å². The van der Waals surface area contributed by atoms with Gasteiger partial charge in [0.25, 0.3) is 0 Å². The maximum atomic E-state index is 13.6. The topological polar surface area (TPSA) is 318 Å². The van der Waals surface area contributed by atoms with Crippen molar-refractivity contribution in [1.29, 1.82) is 0 Å². The fourth-order valence-corrected chi connectivity index (χ4v) is 6.32. The highest BCUT2D eigenvalue weighted by Gasteiger charge is 2.34. The lowest BCUT2D eigenvalue weighted by molar-refractivity contribution is -0.131. The zero-order valence-electron chi connectivity index (χ0n) is 50.2. The molecule has 0 fully saturated rings. The molecular weight excluding hydrogens is 1120 g/mol. The highest BCUT2D eigenvalue weighted by Crippen LogP contribution is 2.11. The smallest absolute Gasteiger partial charge is 0.222 e. The molecule has 0 aromatic carbocycles. The summed E-state index contributed by atoms with van der Waals surface area (Å²) < 4.78 is 105. The molecule has 28 heteroatoms. The zero-order chi connectivity index (χ0) is 61.7. The molecule has 0 aromatic heterocycles. The van der Waals surface area contributed by atoms with E-state index in [1.165, 1.54) is 0 Å². The lowest BCUT2D eigenvalue weighted by Crippen LogP contribution is -2.59. The lowest BCUT2D eigenvalue weighted by atomic mass is 10.0. The van der Waals surface area contributed by atoms with Crippen LogP contribution in [0.3, 0.4) is 0 Å². The predicted octanol–water partition coefficient (Wildman–Crippen LogP) is -2.08. The lowest BCUT2D eigenvalue weighted by Gasteiger charge is -2.34. The summed E-state index contributed by atoms with van der Waals surface area (Å²) in [7, 11) is 0. The molecule has 85 heavy (non-hydrogen) atoms. The first-order valence-electron chi connectivity index (χ1n) is 28.9. The Kier molecular flexibility index (Phi) is 63.9. The molecule has 0 rings (SSSR count). The van der Waals surface area contributed by atoms with E-state index < -0.39 is 11.4 Å². The van der Waals surface area contributed by atoms with Gasteiger partial charge < -0.3 is 117 Å². The van der Waals surface area contributed by atoms with E-state index in [4.69, 9.17) is 115 Å². The molecular formula is C57H101N5O23. The molecule has 0 saturated heterocycles. The quantitative estimate of drug-likeness (QED) is 0.0323. The Bertz CT molecular complexity index is 1510. The van der Waals surface area contributed by atoms with Gasteiger partial charge in [-0.05, 0) is 0 Å². The molecule has 492 valence electrons. The van der Waals surface area contributed by atoms with Gasteiger partial charge in [-0.3, -0.25) is 19.2 Å². The number of hydrogen-bond donors (Lipinski definition) is 5. The molecule has 0 radical (unpaired) electrons. The summed E-state index contributed by atoms with van der Waals surface area (Å²) in [6, 6.07) is 0. The van der Waals surface area contributed by atoms with Crippen molar-refractivity contribution in [3.63, 3.8) is 0 Å². The third-order valence-electron chi connectivity index (χ3n) is 10.4. The van der Waals surface area contributed by atoms with Crippen molar-refractivity contribution in [3.8, 4) is 37.0 Å². The Labute approximate surface area is 504 Å². The summed E-state index contributed by atoms with van der Waals surface area (Å²) in [5.41, 5.74) is 4.07. The number of ether oxygens (including phenoxy) is 19. The van der Waals surface area contributed by atoms with E-state index in [1.54, 1.807) is 0 Å². The first-order chi connectivity index (χ1) is 41.8. The van der Waals surface area contributed by atoms with Crippen molar-refractivity contribution in [2.75, 3.05) is 277 Å². The van der Waals surface area contributed by atoms with Crippen LogP contribution in [-0.4, -0.2) is 306 Å². The molecule has 0 bridgehead atoms. The van der Waals surface area contributed by atoms with Crippen LogP contribution >= 0.6 is 0 Å². The molecule has 0 aliphatic heterocycles. The second-order valence-electron chi connectivity index (χ2n) is 17.6. The maximum Gasteiger partial charge on any atom is 0.222 e. The first-order valence-corrected chi connectivity index (χ1v) is 28.9. The van der Waals surface area contributed by atoms with Gasteiger partial charge in [0.15, 0.2) is 0 Å². The molecule has 0 heterocycles. The van der Waals surface area contributed by atoms with E-state index in [2.05, 4.69) is 39.0 Å². The Balaban J connectivity index is 5.35. The van der Waals surface area contributed by atoms with E-state index >= 15 is 0 Å². The van der Waals surface area contributed by atoms with Crippen LogP contribution in [0.4, 0.5) is 0 Å². The standard InChI is InChI=1S/C57H101N5O23/c1-4-15-67-26-34-75-42-47-80-39-31-72-23-12-59-53(63)7-19-83-50-57(62-56(66)10-18-70-29-37-78-45-46-79-38-30-71-22-11-58,51-84-20-8-54(64)60-13-24-73-32-40-81-48-43-76-35-27-68-16-5-2)52-85-21-9-55(65)61-14-25-74-33-41-82-49-44-77-36-28-69-17-6-3/h1-3H,7-52,58H2,(H,59,63)(H,60,64)(H,61,65)(H,62,66). The van der Waals surface area contributed by atoms with Crippen molar-refractivity contribution >= 4 is 23.6 Å². The minimum absolute atomic E-state index is 0.0126. The van der Waals surface area contributed by atoms with Crippen molar-refractivity contribution in [2.24, 2.45) is 5.73 Å². The van der Waals surface area contributed by atoms with Gasteiger partial charge in [0.2, 0.25) is 23.6 Å². The SMILES string of the molecule is C#CCOCCOCCOCCOCCNC(=O)CCOCC(COCCC(=O)NCCOCCOCCOCCOCC#C)(COCCC(=O)NCCOCCOCCOCCOCC#C)NC(=O)CCOCCOCCOCCOCCN. The molecule has 6 N–H and O–H groups in total. The van der Waals surface area contributed by atoms with E-state index in [9.17, 15) is 19.2 Å². The van der Waals surface area contributed by atoms with Gasteiger partial charge in [0.05, 0.1) is 231 Å². The molecule has 0 aromatic rings. The van der Waals surface area contributed by atoms with Gasteiger partial charge in [-0.2, -0.15) is 0 Å². The van der Waals surface area contributed by atoms with Crippen molar-refractivity contribution < 1.29 is 109 Å². The van der Waals surface area contributed by atoms with Crippen molar-refractivity contribution in [1.82, 2.24) is 21.3 Å². The average Bonchev–Trinajstić information content (AvgIpc) is 3.55. The Morgan fingerprint density at radius 3 is 0.753 bits per heavy atom. The number of hydrogen-bond acceptors (Lipinski definition) is 24. The van der Waals surface area contributed by atoms with Gasteiger partial charge in [-0.15, -0.1) is 19.3 Å². The van der Waals surface area contributed by atoms with E-state index in [-0.39, 0.29) is 162 Å². The number of amides is 4. The monoisotopic (exact) mass is 1220 g/mol. The van der Waals surface area contributed by atoms with Gasteiger partial charge in [-0.1, -0.05) is 17.8 Å². The fraction of sp³-hybridized carbons (Fsp3) is 0.825. The zero-order valence-corrected chi connectivity index (χ0v) is 50.2. The third-order valence-corrected chi connectivity index (χ3v) is 10.4. The molecule has 0 aliphatic carbocycles. The molecule has 0 unspecified atom stereocenters. The van der Waals surface area contributed by atoms with E-state index in [1.807, 2.05) is 0 Å². The van der Waals surface area contributed by atoms with Crippen LogP contribution in [0.2, 0.25) is 0 Å². The summed E-state index contributed by atoms with van der Waals surface area (Å²) in [6.07, 6.45) is 15.3. The molecule has 0 saturated carbocycles. The van der Waals surface area contributed by atoms with Gasteiger partial charge >= 0.3 is 0 Å². The summed E-state index contributed by atoms with van der Waals surface area (Å²) in [4.78, 5) is 51.9. The van der Waals surface area contributed by atoms with Crippen molar-refractivity contribution in [2.45, 2.75) is 31.2 Å². The Morgan fingerprint density at radius 2 is 0.494 bits per heavy atom. The van der Waals surface area contributed by atoms with Crippen LogP contribution in [0.5, 0.6) is 0 Å². The normalized spacial score (nSPS) is 11.3. The molecule has 28 nitrogen and oxygen atoms in total. The van der Waals surface area contributed by atoms with Crippen molar-refractivity contribution in [3.05, 3.63) is 0 Å². The van der Waals surface area contributed by atoms with E-state index in [0.29, 0.717) is 159 Å².